The Morgan fingerprint density at radius 2 is 1.21 bits per heavy atom. The van der Waals surface area contributed by atoms with Gasteiger partial charge in [-0.25, -0.2) is 4.79 Å². The van der Waals surface area contributed by atoms with E-state index in [1.54, 1.807) is 81.4 Å². The summed E-state index contributed by atoms with van der Waals surface area (Å²) in [5, 5.41) is 16.0. The first-order valence-corrected chi connectivity index (χ1v) is 14.1. The molecule has 13 heteroatoms. The number of carbonyl (C=O) groups excluding carboxylic acids is 2. The number of nitrogens with zero attached hydrogens (tertiary/aromatic N) is 3. The molecule has 43 heavy (non-hydrogen) atoms. The number of hydrogen-bond donors (Lipinski definition) is 1. The van der Waals surface area contributed by atoms with Crippen LogP contribution in [0.25, 0.3) is 22.5 Å². The number of carbonyl (C=O) groups is 2. The van der Waals surface area contributed by atoms with Gasteiger partial charge in [-0.15, -0.1) is 0 Å². The van der Waals surface area contributed by atoms with Crippen LogP contribution >= 0.6 is 46.4 Å². The lowest BCUT2D eigenvalue weighted by Gasteiger charge is -2.09. The van der Waals surface area contributed by atoms with Crippen molar-refractivity contribution in [2.24, 2.45) is 5.16 Å². The fourth-order valence-electron chi connectivity index (χ4n) is 4.24. The van der Waals surface area contributed by atoms with E-state index in [1.807, 2.05) is 0 Å². The molecule has 3 aromatic carbocycles. The molecule has 2 heterocycles. The van der Waals surface area contributed by atoms with E-state index in [-0.39, 0.29) is 28.3 Å². The number of nitrogens with one attached hydrogen (secondary N) is 1. The van der Waals surface area contributed by atoms with Gasteiger partial charge in [0.05, 0.1) is 25.8 Å². The van der Waals surface area contributed by atoms with Crippen molar-refractivity contribution in [2.75, 3.05) is 5.32 Å². The predicted molar refractivity (Wildman–Crippen MR) is 165 cm³/mol. The topological polar surface area (TPSA) is 120 Å². The van der Waals surface area contributed by atoms with Gasteiger partial charge in [0.1, 0.15) is 34.0 Å². The van der Waals surface area contributed by atoms with Crippen molar-refractivity contribution >= 4 is 69.7 Å². The molecule has 5 rings (SSSR count). The van der Waals surface area contributed by atoms with Gasteiger partial charge in [-0.2, -0.15) is 0 Å². The molecule has 0 radical (unpaired) electrons. The quantitative estimate of drug-likeness (QED) is 0.105. The van der Waals surface area contributed by atoms with Crippen LogP contribution in [0.5, 0.6) is 0 Å². The molecule has 5 aromatic rings. The van der Waals surface area contributed by atoms with Gasteiger partial charge in [0.25, 0.3) is 5.91 Å². The van der Waals surface area contributed by atoms with Crippen molar-refractivity contribution < 1.29 is 23.5 Å². The van der Waals surface area contributed by atoms with Crippen molar-refractivity contribution in [1.82, 2.24) is 10.3 Å². The summed E-state index contributed by atoms with van der Waals surface area (Å²) in [6.45, 7) is 4.84. The van der Waals surface area contributed by atoms with Gasteiger partial charge in [-0.1, -0.05) is 86.1 Å². The fraction of sp³-hybridized carbons (Fsp3) is 0.100. The van der Waals surface area contributed by atoms with Crippen LogP contribution in [0.3, 0.4) is 0 Å². The second kappa shape index (κ2) is 12.6. The van der Waals surface area contributed by atoms with E-state index in [2.05, 4.69) is 20.8 Å². The zero-order chi connectivity index (χ0) is 30.8. The van der Waals surface area contributed by atoms with E-state index >= 15 is 0 Å². The molecule has 0 fully saturated rings. The smallest absolute Gasteiger partial charge is 0.360 e. The number of benzene rings is 3. The summed E-state index contributed by atoms with van der Waals surface area (Å²) >= 11 is 25.2. The van der Waals surface area contributed by atoms with E-state index < -0.39 is 11.9 Å². The molecule has 0 aliphatic heterocycles. The fourth-order valence-corrected chi connectivity index (χ4v) is 5.39. The van der Waals surface area contributed by atoms with Crippen LogP contribution in [0, 0.1) is 13.8 Å². The number of hydrogen-bond acceptors (Lipinski definition) is 8. The average Bonchev–Trinajstić information content (AvgIpc) is 3.54. The van der Waals surface area contributed by atoms with Gasteiger partial charge in [0.15, 0.2) is 0 Å². The van der Waals surface area contributed by atoms with Gasteiger partial charge in [0.2, 0.25) is 0 Å². The summed E-state index contributed by atoms with van der Waals surface area (Å²) < 4.78 is 10.5. The normalized spacial score (nSPS) is 11.5. The third kappa shape index (κ3) is 6.16. The second-order valence-electron chi connectivity index (χ2n) is 9.20. The number of oxime groups is 1. The van der Waals surface area contributed by atoms with Crippen LogP contribution in [-0.4, -0.2) is 27.9 Å². The summed E-state index contributed by atoms with van der Waals surface area (Å²) in [4.78, 5) is 31.4. The van der Waals surface area contributed by atoms with E-state index in [4.69, 9.17) is 60.3 Å². The molecule has 0 unspecified atom stereocenters. The van der Waals surface area contributed by atoms with Crippen LogP contribution in [0.1, 0.15) is 44.7 Å². The van der Waals surface area contributed by atoms with E-state index in [0.29, 0.717) is 53.9 Å². The largest absolute Gasteiger partial charge is 0.371 e. The minimum atomic E-state index is -0.800. The minimum Gasteiger partial charge on any atom is -0.360 e. The number of anilines is 1. The molecule has 1 N–H and O–H groups in total. The summed E-state index contributed by atoms with van der Waals surface area (Å²) in [6, 6.07) is 16.6. The van der Waals surface area contributed by atoms with Crippen molar-refractivity contribution in [3.8, 4) is 22.5 Å². The molecule has 0 saturated heterocycles. The molecule has 9 nitrogen and oxygen atoms in total. The zero-order valence-corrected chi connectivity index (χ0v) is 25.7. The van der Waals surface area contributed by atoms with Gasteiger partial charge >= 0.3 is 5.97 Å². The van der Waals surface area contributed by atoms with Crippen molar-refractivity contribution in [3.63, 3.8) is 0 Å². The second-order valence-corrected chi connectivity index (χ2v) is 10.8. The highest BCUT2D eigenvalue weighted by Gasteiger charge is 2.27. The Kier molecular flexibility index (Phi) is 8.89. The Balaban J connectivity index is 1.31. The maximum Gasteiger partial charge on any atom is 0.371 e. The lowest BCUT2D eigenvalue weighted by atomic mass is 10.1. The lowest BCUT2D eigenvalue weighted by molar-refractivity contribution is 0.0515. The monoisotopic (exact) mass is 656 g/mol. The molecule has 0 atom stereocenters. The van der Waals surface area contributed by atoms with Crippen LogP contribution in [0.2, 0.25) is 20.1 Å². The third-order valence-electron chi connectivity index (χ3n) is 6.38. The Morgan fingerprint density at radius 3 is 1.72 bits per heavy atom. The highest BCUT2D eigenvalue weighted by Crippen LogP contribution is 2.38. The number of halogens is 4. The highest BCUT2D eigenvalue weighted by molar-refractivity contribution is 6.40. The van der Waals surface area contributed by atoms with Gasteiger partial charge in [-0.05, 0) is 62.7 Å². The first-order chi connectivity index (χ1) is 20.6. The standard InChI is InChI=1S/C30H20Cl4N4O5/c1-14(36-43-30(40)24-16(3)42-38-28(24)26-21(33)8-5-9-22(26)34)17-10-12-18(13-11-17)35-29(39)23-15(2)41-37-27(23)25-19(31)6-4-7-20(25)32/h4-13H,1-3H3,(H,35,39)/b36-14+. The van der Waals surface area contributed by atoms with Crippen molar-refractivity contribution in [1.29, 1.82) is 0 Å². The number of amides is 1. The minimum absolute atomic E-state index is 0.0473. The summed E-state index contributed by atoms with van der Waals surface area (Å²) in [5.74, 6) is -0.748. The highest BCUT2D eigenvalue weighted by atomic mass is 35.5. The summed E-state index contributed by atoms with van der Waals surface area (Å²) in [6.07, 6.45) is 0. The van der Waals surface area contributed by atoms with Crippen molar-refractivity contribution in [3.05, 3.63) is 109 Å². The average molecular weight is 658 g/mol. The number of aryl methyl sites for hydroxylation is 2. The summed E-state index contributed by atoms with van der Waals surface area (Å²) in [5.41, 5.74) is 2.87. The molecule has 0 bridgehead atoms. The van der Waals surface area contributed by atoms with Crippen LogP contribution in [-0.2, 0) is 4.84 Å². The van der Waals surface area contributed by atoms with Gasteiger partial charge in [0, 0.05) is 16.8 Å². The van der Waals surface area contributed by atoms with Crippen LogP contribution < -0.4 is 5.32 Å². The van der Waals surface area contributed by atoms with Crippen molar-refractivity contribution in [2.45, 2.75) is 20.8 Å². The number of rotatable bonds is 7. The third-order valence-corrected chi connectivity index (χ3v) is 7.64. The molecule has 0 aliphatic rings. The lowest BCUT2D eigenvalue weighted by Crippen LogP contribution is -2.13. The molecular weight excluding hydrogens is 638 g/mol. The maximum atomic E-state index is 13.2. The Labute approximate surface area is 265 Å². The van der Waals surface area contributed by atoms with E-state index in [9.17, 15) is 9.59 Å². The molecule has 0 saturated carbocycles. The Hall–Kier alpha value is -4.15. The van der Waals surface area contributed by atoms with Gasteiger partial charge < -0.3 is 19.2 Å². The van der Waals surface area contributed by atoms with E-state index in [1.165, 1.54) is 0 Å². The van der Waals surface area contributed by atoms with Gasteiger partial charge in [-0.3, -0.25) is 4.79 Å². The summed E-state index contributed by atoms with van der Waals surface area (Å²) in [7, 11) is 0. The van der Waals surface area contributed by atoms with Crippen LogP contribution in [0.4, 0.5) is 5.69 Å². The molecule has 2 aromatic heterocycles. The zero-order valence-electron chi connectivity index (χ0n) is 22.7. The predicted octanol–water partition coefficient (Wildman–Crippen LogP) is 9.06. The number of aromatic nitrogens is 2. The molecule has 0 aliphatic carbocycles. The van der Waals surface area contributed by atoms with E-state index in [0.717, 1.165) is 0 Å². The van der Waals surface area contributed by atoms with Crippen LogP contribution in [0.15, 0.2) is 74.9 Å². The first-order valence-electron chi connectivity index (χ1n) is 12.6. The molecule has 0 spiro atoms. The Morgan fingerprint density at radius 1 is 0.744 bits per heavy atom. The maximum absolute atomic E-state index is 13.2. The molecule has 218 valence electrons. The Bertz CT molecular complexity index is 1860. The SMILES string of the molecule is C/C(=N\OC(=O)c1c(-c2c(Cl)cccc2Cl)noc1C)c1ccc(NC(=O)c2c(-c3c(Cl)cccc3Cl)noc2C)cc1. The molecule has 1 amide bonds. The first kappa shape index (κ1) is 30.3. The molecular formula is C30H20Cl4N4O5.